The Balaban J connectivity index is 2.18. The number of anilines is 1. The maximum atomic E-state index is 10.8. The molecule has 2 N–H and O–H groups in total. The molecule has 0 bridgehead atoms. The summed E-state index contributed by atoms with van der Waals surface area (Å²) < 4.78 is 0. The van der Waals surface area contributed by atoms with Gasteiger partial charge >= 0.3 is 5.97 Å². The number of nitrogens with one attached hydrogen (secondary N) is 1. The lowest BCUT2D eigenvalue weighted by atomic mass is 10.3. The lowest BCUT2D eigenvalue weighted by Gasteiger charge is -2.11. The summed E-state index contributed by atoms with van der Waals surface area (Å²) in [6.45, 7) is 1.81. The summed E-state index contributed by atoms with van der Waals surface area (Å²) in [6.07, 6.45) is 1.43. The number of carboxylic acid groups (broad SMARTS) is 1. The molecule has 0 spiro atoms. The maximum Gasteiger partial charge on any atom is 0.355 e. The predicted octanol–water partition coefficient (Wildman–Crippen LogP) is 1.68. The van der Waals surface area contributed by atoms with E-state index in [-0.39, 0.29) is 11.7 Å². The SMILES string of the molecule is CC(Nc1nnccc1C#N)c1nc(C(=O)O)cs1. The Labute approximate surface area is 112 Å². The fourth-order valence-corrected chi connectivity index (χ4v) is 2.18. The van der Waals surface area contributed by atoms with E-state index in [1.54, 1.807) is 13.0 Å². The summed E-state index contributed by atoms with van der Waals surface area (Å²) in [4.78, 5) is 14.7. The Morgan fingerprint density at radius 1 is 1.63 bits per heavy atom. The highest BCUT2D eigenvalue weighted by atomic mass is 32.1. The van der Waals surface area contributed by atoms with Crippen LogP contribution < -0.4 is 5.32 Å². The van der Waals surface area contributed by atoms with Gasteiger partial charge in [0.1, 0.15) is 11.1 Å². The molecule has 8 heteroatoms. The molecule has 0 aliphatic rings. The largest absolute Gasteiger partial charge is 0.476 e. The smallest absolute Gasteiger partial charge is 0.355 e. The number of hydrogen-bond acceptors (Lipinski definition) is 7. The summed E-state index contributed by atoms with van der Waals surface area (Å²) in [7, 11) is 0. The number of hydrogen-bond donors (Lipinski definition) is 2. The summed E-state index contributed by atoms with van der Waals surface area (Å²) >= 11 is 1.23. The second kappa shape index (κ2) is 5.41. The van der Waals surface area contributed by atoms with Crippen molar-refractivity contribution in [3.63, 3.8) is 0 Å². The summed E-state index contributed by atoms with van der Waals surface area (Å²) in [5, 5.41) is 30.3. The molecule has 0 aliphatic heterocycles. The van der Waals surface area contributed by atoms with Crippen LogP contribution in [-0.2, 0) is 0 Å². The highest BCUT2D eigenvalue weighted by Crippen LogP contribution is 2.22. The monoisotopic (exact) mass is 275 g/mol. The molecule has 0 aromatic carbocycles. The third-order valence-electron chi connectivity index (χ3n) is 2.31. The van der Waals surface area contributed by atoms with Gasteiger partial charge in [0.2, 0.25) is 0 Å². The van der Waals surface area contributed by atoms with Crippen LogP contribution in [0.1, 0.15) is 34.0 Å². The zero-order valence-corrected chi connectivity index (χ0v) is 10.7. The third kappa shape index (κ3) is 2.83. The molecule has 2 aromatic heterocycles. The van der Waals surface area contributed by atoms with Gasteiger partial charge in [0.05, 0.1) is 17.8 Å². The Bertz CT molecular complexity index is 649. The molecule has 96 valence electrons. The molecule has 0 saturated heterocycles. The van der Waals surface area contributed by atoms with Crippen LogP contribution in [0.15, 0.2) is 17.6 Å². The molecular weight excluding hydrogens is 266 g/mol. The molecule has 0 aliphatic carbocycles. The van der Waals surface area contributed by atoms with E-state index < -0.39 is 5.97 Å². The van der Waals surface area contributed by atoms with Crippen LogP contribution >= 0.6 is 11.3 Å². The highest BCUT2D eigenvalue weighted by Gasteiger charge is 2.15. The zero-order valence-electron chi connectivity index (χ0n) is 9.86. The van der Waals surface area contributed by atoms with Crippen LogP contribution in [0, 0.1) is 11.3 Å². The summed E-state index contributed by atoms with van der Waals surface area (Å²) in [6, 6.07) is 3.29. The van der Waals surface area contributed by atoms with Crippen molar-refractivity contribution in [1.29, 1.82) is 5.26 Å². The lowest BCUT2D eigenvalue weighted by Crippen LogP contribution is -2.10. The molecule has 0 radical (unpaired) electrons. The minimum atomic E-state index is -1.06. The van der Waals surface area contributed by atoms with Gasteiger partial charge in [-0.1, -0.05) is 0 Å². The molecule has 2 aromatic rings. The summed E-state index contributed by atoms with van der Waals surface area (Å²) in [5.74, 6) is -0.712. The quantitative estimate of drug-likeness (QED) is 0.872. The third-order valence-corrected chi connectivity index (χ3v) is 3.33. The molecule has 7 nitrogen and oxygen atoms in total. The average Bonchev–Trinajstić information content (AvgIpc) is 2.89. The molecule has 1 unspecified atom stereocenters. The molecule has 2 rings (SSSR count). The van der Waals surface area contributed by atoms with Crippen molar-refractivity contribution < 1.29 is 9.90 Å². The minimum absolute atomic E-state index is 0.00769. The normalized spacial score (nSPS) is 11.6. The predicted molar refractivity (Wildman–Crippen MR) is 67.9 cm³/mol. The van der Waals surface area contributed by atoms with Crippen molar-refractivity contribution in [2.45, 2.75) is 13.0 Å². The van der Waals surface area contributed by atoms with Gasteiger partial charge in [-0.25, -0.2) is 9.78 Å². The van der Waals surface area contributed by atoms with Crippen molar-refractivity contribution in [3.05, 3.63) is 33.9 Å². The van der Waals surface area contributed by atoms with Crippen LogP contribution in [0.2, 0.25) is 0 Å². The van der Waals surface area contributed by atoms with Gasteiger partial charge in [0.15, 0.2) is 11.5 Å². The first kappa shape index (κ1) is 12.9. The van der Waals surface area contributed by atoms with E-state index in [9.17, 15) is 4.79 Å². The molecule has 0 saturated carbocycles. The van der Waals surface area contributed by atoms with Gasteiger partial charge in [-0.05, 0) is 13.0 Å². The first-order valence-corrected chi connectivity index (χ1v) is 6.17. The number of carboxylic acids is 1. The Morgan fingerprint density at radius 3 is 3.05 bits per heavy atom. The molecule has 1 atom stereocenters. The minimum Gasteiger partial charge on any atom is -0.476 e. The molecule has 0 amide bonds. The number of aromatic carboxylic acids is 1. The van der Waals surface area contributed by atoms with Crippen molar-refractivity contribution in [3.8, 4) is 6.07 Å². The molecule has 2 heterocycles. The molecular formula is C11H9N5O2S. The Hall–Kier alpha value is -2.53. The van der Waals surface area contributed by atoms with Crippen LogP contribution in [0.4, 0.5) is 5.82 Å². The van der Waals surface area contributed by atoms with Crippen LogP contribution in [0.25, 0.3) is 0 Å². The second-order valence-corrected chi connectivity index (χ2v) is 4.54. The van der Waals surface area contributed by atoms with Gasteiger partial charge in [0, 0.05) is 5.38 Å². The second-order valence-electron chi connectivity index (χ2n) is 3.65. The first-order chi connectivity index (χ1) is 9.11. The van der Waals surface area contributed by atoms with E-state index >= 15 is 0 Å². The van der Waals surface area contributed by atoms with E-state index in [0.29, 0.717) is 16.4 Å². The van der Waals surface area contributed by atoms with Gasteiger partial charge in [-0.2, -0.15) is 10.4 Å². The van der Waals surface area contributed by atoms with Crippen LogP contribution in [-0.4, -0.2) is 26.3 Å². The zero-order chi connectivity index (χ0) is 13.8. The fourth-order valence-electron chi connectivity index (χ4n) is 1.38. The summed E-state index contributed by atoms with van der Waals surface area (Å²) in [5.41, 5.74) is 0.380. The van der Waals surface area contributed by atoms with Crippen molar-refractivity contribution in [1.82, 2.24) is 15.2 Å². The number of thiazole rings is 1. The fraction of sp³-hybridized carbons (Fsp3) is 0.182. The topological polar surface area (TPSA) is 112 Å². The molecule has 0 fully saturated rings. The van der Waals surface area contributed by atoms with E-state index in [0.717, 1.165) is 0 Å². The van der Waals surface area contributed by atoms with Crippen LogP contribution in [0.5, 0.6) is 0 Å². The van der Waals surface area contributed by atoms with E-state index in [1.807, 2.05) is 6.07 Å². The van der Waals surface area contributed by atoms with E-state index in [1.165, 1.54) is 22.9 Å². The van der Waals surface area contributed by atoms with Crippen LogP contribution in [0.3, 0.4) is 0 Å². The maximum absolute atomic E-state index is 10.8. The average molecular weight is 275 g/mol. The first-order valence-electron chi connectivity index (χ1n) is 5.29. The standard InChI is InChI=1S/C11H9N5O2S/c1-6(10-15-8(5-19-10)11(17)18)14-9-7(4-12)2-3-13-16-9/h2-3,5-6H,1H3,(H,14,16)(H,17,18). The van der Waals surface area contributed by atoms with Gasteiger partial charge in [-0.3, -0.25) is 0 Å². The number of rotatable bonds is 4. The Morgan fingerprint density at radius 2 is 2.42 bits per heavy atom. The van der Waals surface area contributed by atoms with Crippen molar-refractivity contribution in [2.24, 2.45) is 0 Å². The number of nitriles is 1. The number of carbonyl (C=O) groups is 1. The van der Waals surface area contributed by atoms with Gasteiger partial charge in [-0.15, -0.1) is 16.4 Å². The lowest BCUT2D eigenvalue weighted by molar-refractivity contribution is 0.0691. The van der Waals surface area contributed by atoms with E-state index in [2.05, 4.69) is 20.5 Å². The van der Waals surface area contributed by atoms with Crippen molar-refractivity contribution >= 4 is 23.1 Å². The molecule has 19 heavy (non-hydrogen) atoms. The van der Waals surface area contributed by atoms with E-state index in [4.69, 9.17) is 10.4 Å². The van der Waals surface area contributed by atoms with Gasteiger partial charge in [0.25, 0.3) is 0 Å². The Kier molecular flexibility index (Phi) is 3.68. The van der Waals surface area contributed by atoms with Crippen molar-refractivity contribution in [2.75, 3.05) is 5.32 Å². The number of aromatic nitrogens is 3. The number of nitrogens with zero attached hydrogens (tertiary/aromatic N) is 4. The highest BCUT2D eigenvalue weighted by molar-refractivity contribution is 7.09. The van der Waals surface area contributed by atoms with Gasteiger partial charge < -0.3 is 10.4 Å².